The van der Waals surface area contributed by atoms with Gasteiger partial charge in [0, 0.05) is 16.3 Å². The molecule has 0 fully saturated rings. The van der Waals surface area contributed by atoms with Crippen LogP contribution in [0.15, 0.2) is 22.2 Å². The fourth-order valence-corrected chi connectivity index (χ4v) is 2.18. The van der Waals surface area contributed by atoms with E-state index in [1.807, 2.05) is 6.92 Å². The highest BCUT2D eigenvalue weighted by Gasteiger charge is 2.00. The third-order valence-electron chi connectivity index (χ3n) is 1.44. The largest absolute Gasteiger partial charge is 0.242 e. The molecular formula is C8H7NS2. The van der Waals surface area contributed by atoms with Crippen molar-refractivity contribution in [2.75, 3.05) is 0 Å². The minimum Gasteiger partial charge on any atom is -0.242 e. The Kier molecular flexibility index (Phi) is 1.75. The maximum absolute atomic E-state index is 4.38. The van der Waals surface area contributed by atoms with Gasteiger partial charge in [0.25, 0.3) is 0 Å². The lowest BCUT2D eigenvalue weighted by Gasteiger charge is -1.85. The zero-order valence-corrected chi connectivity index (χ0v) is 7.71. The second-order valence-electron chi connectivity index (χ2n) is 2.26. The van der Waals surface area contributed by atoms with E-state index < -0.39 is 0 Å². The Labute approximate surface area is 73.4 Å². The molecule has 2 heterocycles. The molecule has 11 heavy (non-hydrogen) atoms. The molecule has 0 amide bonds. The van der Waals surface area contributed by atoms with Crippen LogP contribution in [0.3, 0.4) is 0 Å². The van der Waals surface area contributed by atoms with Gasteiger partial charge in [-0.2, -0.15) is 11.3 Å². The minimum atomic E-state index is 1.11. The third-order valence-corrected chi connectivity index (χ3v) is 2.89. The van der Waals surface area contributed by atoms with E-state index in [-0.39, 0.29) is 0 Å². The van der Waals surface area contributed by atoms with Gasteiger partial charge in [-0.15, -0.1) is 11.3 Å². The van der Waals surface area contributed by atoms with Gasteiger partial charge >= 0.3 is 0 Å². The first kappa shape index (κ1) is 7.00. The van der Waals surface area contributed by atoms with Gasteiger partial charge in [-0.1, -0.05) is 0 Å². The molecule has 2 rings (SSSR count). The van der Waals surface area contributed by atoms with Gasteiger partial charge in [-0.3, -0.25) is 0 Å². The van der Waals surface area contributed by atoms with Crippen molar-refractivity contribution in [2.45, 2.75) is 6.92 Å². The van der Waals surface area contributed by atoms with Crippen molar-refractivity contribution in [2.24, 2.45) is 0 Å². The molecule has 0 spiro atoms. The molecule has 0 aromatic carbocycles. The van der Waals surface area contributed by atoms with E-state index >= 15 is 0 Å². The number of rotatable bonds is 1. The van der Waals surface area contributed by atoms with Crippen LogP contribution in [0.5, 0.6) is 0 Å². The first-order chi connectivity index (χ1) is 5.36. The molecular weight excluding hydrogens is 174 g/mol. The van der Waals surface area contributed by atoms with Crippen LogP contribution < -0.4 is 0 Å². The molecule has 2 aromatic rings. The summed E-state index contributed by atoms with van der Waals surface area (Å²) in [6.07, 6.45) is 0. The van der Waals surface area contributed by atoms with E-state index in [0.717, 1.165) is 10.7 Å². The number of hydrogen-bond donors (Lipinski definition) is 0. The molecule has 0 saturated carbocycles. The van der Waals surface area contributed by atoms with Gasteiger partial charge in [0.15, 0.2) is 0 Å². The van der Waals surface area contributed by atoms with Gasteiger partial charge in [-0.05, 0) is 18.4 Å². The highest BCUT2D eigenvalue weighted by Crippen LogP contribution is 2.23. The van der Waals surface area contributed by atoms with Crippen LogP contribution in [-0.2, 0) is 0 Å². The summed E-state index contributed by atoms with van der Waals surface area (Å²) in [4.78, 5) is 4.38. The van der Waals surface area contributed by atoms with Crippen molar-refractivity contribution in [3.8, 4) is 11.3 Å². The van der Waals surface area contributed by atoms with Gasteiger partial charge in [-0.25, -0.2) is 4.98 Å². The molecule has 2 aromatic heterocycles. The van der Waals surface area contributed by atoms with Crippen molar-refractivity contribution in [1.29, 1.82) is 0 Å². The molecule has 56 valence electrons. The highest BCUT2D eigenvalue weighted by molar-refractivity contribution is 7.10. The van der Waals surface area contributed by atoms with Crippen LogP contribution in [0, 0.1) is 6.92 Å². The zero-order valence-electron chi connectivity index (χ0n) is 6.07. The highest BCUT2D eigenvalue weighted by atomic mass is 32.1. The summed E-state index contributed by atoms with van der Waals surface area (Å²) in [5.74, 6) is 0. The summed E-state index contributed by atoms with van der Waals surface area (Å²) < 4.78 is 0. The molecule has 0 N–H and O–H groups in total. The van der Waals surface area contributed by atoms with E-state index in [1.165, 1.54) is 5.56 Å². The van der Waals surface area contributed by atoms with Crippen molar-refractivity contribution in [1.82, 2.24) is 4.98 Å². The Hall–Kier alpha value is -0.670. The lowest BCUT2D eigenvalue weighted by atomic mass is 10.3. The zero-order chi connectivity index (χ0) is 7.68. The summed E-state index contributed by atoms with van der Waals surface area (Å²) in [5.41, 5.74) is 2.34. The summed E-state index contributed by atoms with van der Waals surface area (Å²) in [7, 11) is 0. The summed E-state index contributed by atoms with van der Waals surface area (Å²) in [5, 5.41) is 7.42. The van der Waals surface area contributed by atoms with Crippen molar-refractivity contribution in [3.05, 3.63) is 27.2 Å². The quantitative estimate of drug-likeness (QED) is 0.658. The van der Waals surface area contributed by atoms with E-state index in [9.17, 15) is 0 Å². The van der Waals surface area contributed by atoms with Crippen molar-refractivity contribution < 1.29 is 0 Å². The number of hydrogen-bond acceptors (Lipinski definition) is 3. The molecule has 1 nitrogen and oxygen atoms in total. The van der Waals surface area contributed by atoms with Gasteiger partial charge in [0.1, 0.15) is 0 Å². The molecule has 0 aliphatic carbocycles. The molecule has 0 saturated heterocycles. The summed E-state index contributed by atoms with van der Waals surface area (Å²) in [6, 6.07) is 2.10. The Morgan fingerprint density at radius 3 is 2.82 bits per heavy atom. The minimum absolute atomic E-state index is 1.11. The smallest absolute Gasteiger partial charge is 0.0901 e. The standard InChI is InChI=1S/C8H7NS2/c1-6-9-8(5-11-6)7-2-3-10-4-7/h2-5H,1H3. The van der Waals surface area contributed by atoms with Gasteiger partial charge < -0.3 is 0 Å². The molecule has 0 bridgehead atoms. The predicted octanol–water partition coefficient (Wildman–Crippen LogP) is 3.18. The Morgan fingerprint density at radius 2 is 2.27 bits per heavy atom. The van der Waals surface area contributed by atoms with Gasteiger partial charge in [0.2, 0.25) is 0 Å². The monoisotopic (exact) mass is 181 g/mol. The van der Waals surface area contributed by atoms with Crippen LogP contribution in [0.1, 0.15) is 5.01 Å². The summed E-state index contributed by atoms with van der Waals surface area (Å²) in [6.45, 7) is 2.03. The SMILES string of the molecule is Cc1nc(-c2ccsc2)cs1. The number of thiazole rings is 1. The fraction of sp³-hybridized carbons (Fsp3) is 0.125. The number of aromatic nitrogens is 1. The van der Waals surface area contributed by atoms with Crippen LogP contribution in [0.25, 0.3) is 11.3 Å². The molecule has 0 unspecified atom stereocenters. The van der Waals surface area contributed by atoms with Crippen LogP contribution in [-0.4, -0.2) is 4.98 Å². The Bertz CT molecular complexity index is 335. The molecule has 0 atom stereocenters. The van der Waals surface area contributed by atoms with Crippen LogP contribution >= 0.6 is 22.7 Å². The predicted molar refractivity (Wildman–Crippen MR) is 50.2 cm³/mol. The molecule has 3 heteroatoms. The van der Waals surface area contributed by atoms with E-state index in [0.29, 0.717) is 0 Å². The second-order valence-corrected chi connectivity index (χ2v) is 4.11. The first-order valence-electron chi connectivity index (χ1n) is 3.31. The second kappa shape index (κ2) is 2.75. The average molecular weight is 181 g/mol. The van der Waals surface area contributed by atoms with Crippen LogP contribution in [0.2, 0.25) is 0 Å². The van der Waals surface area contributed by atoms with E-state index in [1.54, 1.807) is 22.7 Å². The normalized spacial score (nSPS) is 10.3. The molecule has 0 aliphatic rings. The fourth-order valence-electron chi connectivity index (χ4n) is 0.906. The van der Waals surface area contributed by atoms with E-state index in [4.69, 9.17) is 0 Å². The first-order valence-corrected chi connectivity index (χ1v) is 5.13. The maximum Gasteiger partial charge on any atom is 0.0901 e. The third kappa shape index (κ3) is 1.34. The molecule has 0 radical (unpaired) electrons. The van der Waals surface area contributed by atoms with Crippen molar-refractivity contribution >= 4 is 22.7 Å². The maximum atomic E-state index is 4.38. The lowest BCUT2D eigenvalue weighted by Crippen LogP contribution is -1.71. The van der Waals surface area contributed by atoms with E-state index in [2.05, 4.69) is 27.2 Å². The topological polar surface area (TPSA) is 12.9 Å². The Morgan fingerprint density at radius 1 is 1.36 bits per heavy atom. The van der Waals surface area contributed by atoms with Crippen LogP contribution in [0.4, 0.5) is 0 Å². The summed E-state index contributed by atoms with van der Waals surface area (Å²) >= 11 is 3.40. The average Bonchev–Trinajstić information content (AvgIpc) is 2.55. The number of aryl methyl sites for hydroxylation is 1. The van der Waals surface area contributed by atoms with Crippen molar-refractivity contribution in [3.63, 3.8) is 0 Å². The molecule has 0 aliphatic heterocycles. The Balaban J connectivity index is 2.45. The van der Waals surface area contributed by atoms with Gasteiger partial charge in [0.05, 0.1) is 10.7 Å². The number of nitrogens with zero attached hydrogens (tertiary/aromatic N) is 1. The number of thiophene rings is 1. The lowest BCUT2D eigenvalue weighted by molar-refractivity contribution is 1.30.